The maximum atomic E-state index is 11.1. The van der Waals surface area contributed by atoms with Gasteiger partial charge in [-0.05, 0) is 42.0 Å². The molecule has 1 aliphatic heterocycles. The van der Waals surface area contributed by atoms with E-state index in [2.05, 4.69) is 0 Å². The van der Waals surface area contributed by atoms with E-state index in [1.165, 1.54) is 0 Å². The zero-order chi connectivity index (χ0) is 13.7. The molecule has 1 saturated heterocycles. The Morgan fingerprint density at radius 3 is 2.84 bits per heavy atom. The lowest BCUT2D eigenvalue weighted by atomic mass is 9.99. The maximum Gasteiger partial charge on any atom is 0.312 e. The van der Waals surface area contributed by atoms with Gasteiger partial charge in [0.1, 0.15) is 11.9 Å². The number of carboxylic acid groups (broad SMARTS) is 1. The molecule has 0 radical (unpaired) electrons. The second-order valence-corrected chi connectivity index (χ2v) is 5.85. The zero-order valence-corrected chi connectivity index (χ0v) is 11.6. The van der Waals surface area contributed by atoms with Crippen LogP contribution in [0.3, 0.4) is 0 Å². The van der Waals surface area contributed by atoms with Crippen LogP contribution in [0.4, 0.5) is 0 Å². The summed E-state index contributed by atoms with van der Waals surface area (Å²) in [5.41, 5.74) is 6.22. The van der Waals surface area contributed by atoms with Crippen molar-refractivity contribution in [2.24, 2.45) is 5.73 Å². The van der Waals surface area contributed by atoms with Crippen LogP contribution in [0.25, 0.3) is 0 Å². The molecule has 0 aliphatic carbocycles. The third kappa shape index (κ3) is 3.88. The van der Waals surface area contributed by atoms with E-state index >= 15 is 0 Å². The van der Waals surface area contributed by atoms with Crippen molar-refractivity contribution in [3.05, 3.63) is 29.8 Å². The first-order valence-corrected chi connectivity index (χ1v) is 7.63. The number of carbonyl (C=O) groups is 1. The molecule has 1 atom stereocenters. The van der Waals surface area contributed by atoms with Crippen LogP contribution in [0.5, 0.6) is 5.75 Å². The topological polar surface area (TPSA) is 72.6 Å². The SMILES string of the molecule is NCC(C(=O)O)c1cccc(OC2CCSCC2)c1. The number of aliphatic carboxylic acids is 1. The number of ether oxygens (including phenoxy) is 1. The van der Waals surface area contributed by atoms with Gasteiger partial charge in [0.2, 0.25) is 0 Å². The Morgan fingerprint density at radius 2 is 2.21 bits per heavy atom. The molecule has 5 heteroatoms. The average molecular weight is 281 g/mol. The fourth-order valence-corrected chi connectivity index (χ4v) is 3.23. The fourth-order valence-electron chi connectivity index (χ4n) is 2.17. The van der Waals surface area contributed by atoms with Crippen LogP contribution in [-0.2, 0) is 4.79 Å². The Morgan fingerprint density at radius 1 is 1.47 bits per heavy atom. The lowest BCUT2D eigenvalue weighted by Crippen LogP contribution is -2.23. The highest BCUT2D eigenvalue weighted by atomic mass is 32.2. The number of thioether (sulfide) groups is 1. The van der Waals surface area contributed by atoms with Gasteiger partial charge in [-0.1, -0.05) is 12.1 Å². The normalized spacial score (nSPS) is 17.9. The van der Waals surface area contributed by atoms with Gasteiger partial charge >= 0.3 is 5.97 Å². The number of carboxylic acids is 1. The summed E-state index contributed by atoms with van der Waals surface area (Å²) in [6.07, 6.45) is 2.35. The van der Waals surface area contributed by atoms with E-state index in [1.54, 1.807) is 12.1 Å². The van der Waals surface area contributed by atoms with Gasteiger partial charge in [-0.2, -0.15) is 11.8 Å². The van der Waals surface area contributed by atoms with Crippen molar-refractivity contribution in [2.45, 2.75) is 24.9 Å². The zero-order valence-electron chi connectivity index (χ0n) is 10.7. The Hall–Kier alpha value is -1.20. The van der Waals surface area contributed by atoms with Crippen molar-refractivity contribution in [1.82, 2.24) is 0 Å². The average Bonchev–Trinajstić information content (AvgIpc) is 2.41. The van der Waals surface area contributed by atoms with Crippen LogP contribution in [0.2, 0.25) is 0 Å². The van der Waals surface area contributed by atoms with Gasteiger partial charge < -0.3 is 15.6 Å². The molecule has 1 heterocycles. The van der Waals surface area contributed by atoms with E-state index in [1.807, 2.05) is 23.9 Å². The van der Waals surface area contributed by atoms with Gasteiger partial charge in [-0.25, -0.2) is 0 Å². The predicted molar refractivity (Wildman–Crippen MR) is 76.8 cm³/mol. The molecule has 0 bridgehead atoms. The smallest absolute Gasteiger partial charge is 0.312 e. The van der Waals surface area contributed by atoms with Crippen molar-refractivity contribution in [1.29, 1.82) is 0 Å². The quantitative estimate of drug-likeness (QED) is 0.864. The van der Waals surface area contributed by atoms with Gasteiger partial charge in [0.05, 0.1) is 5.92 Å². The summed E-state index contributed by atoms with van der Waals surface area (Å²) in [7, 11) is 0. The lowest BCUT2D eigenvalue weighted by molar-refractivity contribution is -0.138. The van der Waals surface area contributed by atoms with Crippen molar-refractivity contribution in [3.63, 3.8) is 0 Å². The number of rotatable bonds is 5. The first-order valence-electron chi connectivity index (χ1n) is 6.48. The van der Waals surface area contributed by atoms with Crippen LogP contribution in [0.1, 0.15) is 24.3 Å². The second-order valence-electron chi connectivity index (χ2n) is 4.63. The molecule has 1 unspecified atom stereocenters. The molecule has 3 N–H and O–H groups in total. The van der Waals surface area contributed by atoms with Crippen molar-refractivity contribution in [3.8, 4) is 5.75 Å². The molecule has 1 aromatic rings. The molecule has 1 fully saturated rings. The van der Waals surface area contributed by atoms with Gasteiger partial charge in [0, 0.05) is 6.54 Å². The Labute approximate surface area is 117 Å². The molecule has 0 saturated carbocycles. The van der Waals surface area contributed by atoms with Crippen LogP contribution >= 0.6 is 11.8 Å². The number of hydrogen-bond donors (Lipinski definition) is 2. The second kappa shape index (κ2) is 6.82. The largest absolute Gasteiger partial charge is 0.490 e. The molecule has 0 amide bonds. The van der Waals surface area contributed by atoms with Crippen molar-refractivity contribution < 1.29 is 14.6 Å². The van der Waals surface area contributed by atoms with Crippen LogP contribution in [0.15, 0.2) is 24.3 Å². The Bertz CT molecular complexity index is 432. The van der Waals surface area contributed by atoms with Gasteiger partial charge in [-0.15, -0.1) is 0 Å². The summed E-state index contributed by atoms with van der Waals surface area (Å²) in [6.45, 7) is 0.0961. The first kappa shape index (κ1) is 14.2. The van der Waals surface area contributed by atoms with Crippen molar-refractivity contribution >= 4 is 17.7 Å². The molecule has 1 aromatic carbocycles. The van der Waals surface area contributed by atoms with E-state index in [9.17, 15) is 4.79 Å². The van der Waals surface area contributed by atoms with Gasteiger partial charge in [0.25, 0.3) is 0 Å². The summed E-state index contributed by atoms with van der Waals surface area (Å²) < 4.78 is 5.92. The lowest BCUT2D eigenvalue weighted by Gasteiger charge is -2.23. The van der Waals surface area contributed by atoms with E-state index in [4.69, 9.17) is 15.6 Å². The van der Waals surface area contributed by atoms with Crippen LogP contribution < -0.4 is 10.5 Å². The van der Waals surface area contributed by atoms with E-state index in [-0.39, 0.29) is 12.6 Å². The minimum absolute atomic E-state index is 0.0961. The number of benzene rings is 1. The van der Waals surface area contributed by atoms with Gasteiger partial charge in [-0.3, -0.25) is 4.79 Å². The molecular formula is C14H19NO3S. The minimum Gasteiger partial charge on any atom is -0.490 e. The molecule has 4 nitrogen and oxygen atoms in total. The highest BCUT2D eigenvalue weighted by Gasteiger charge is 2.19. The summed E-state index contributed by atoms with van der Waals surface area (Å²) >= 11 is 1.95. The van der Waals surface area contributed by atoms with E-state index in [0.717, 1.165) is 30.1 Å². The predicted octanol–water partition coefficient (Wildman–Crippen LogP) is 2.09. The van der Waals surface area contributed by atoms with Crippen LogP contribution in [0, 0.1) is 0 Å². The molecule has 104 valence electrons. The van der Waals surface area contributed by atoms with Crippen LogP contribution in [-0.4, -0.2) is 35.2 Å². The molecule has 0 spiro atoms. The summed E-state index contributed by atoms with van der Waals surface area (Å²) in [4.78, 5) is 11.1. The Kier molecular flexibility index (Phi) is 5.10. The highest BCUT2D eigenvalue weighted by molar-refractivity contribution is 7.99. The minimum atomic E-state index is -0.895. The number of hydrogen-bond acceptors (Lipinski definition) is 4. The first-order chi connectivity index (χ1) is 9.20. The third-order valence-electron chi connectivity index (χ3n) is 3.27. The summed E-state index contributed by atoms with van der Waals surface area (Å²) in [5.74, 6) is 1.45. The summed E-state index contributed by atoms with van der Waals surface area (Å²) in [5, 5.41) is 9.12. The third-order valence-corrected chi connectivity index (χ3v) is 4.31. The number of nitrogens with two attached hydrogens (primary N) is 1. The summed E-state index contributed by atoms with van der Waals surface area (Å²) in [6, 6.07) is 7.29. The highest BCUT2D eigenvalue weighted by Crippen LogP contribution is 2.25. The van der Waals surface area contributed by atoms with Crippen molar-refractivity contribution in [2.75, 3.05) is 18.1 Å². The Balaban J connectivity index is 2.07. The van der Waals surface area contributed by atoms with Gasteiger partial charge in [0.15, 0.2) is 0 Å². The maximum absolute atomic E-state index is 11.1. The molecule has 1 aliphatic rings. The van der Waals surface area contributed by atoms with E-state index in [0.29, 0.717) is 5.56 Å². The van der Waals surface area contributed by atoms with E-state index < -0.39 is 11.9 Å². The molecular weight excluding hydrogens is 262 g/mol. The standard InChI is InChI=1S/C14H19NO3S/c15-9-13(14(16)17)10-2-1-3-12(8-10)18-11-4-6-19-7-5-11/h1-3,8,11,13H,4-7,9,15H2,(H,16,17). The fraction of sp³-hybridized carbons (Fsp3) is 0.500. The monoisotopic (exact) mass is 281 g/mol. The molecule has 0 aromatic heterocycles. The molecule has 19 heavy (non-hydrogen) atoms. The molecule has 2 rings (SSSR count).